The van der Waals surface area contributed by atoms with Gasteiger partial charge >= 0.3 is 0 Å². The zero-order chi connectivity index (χ0) is 14.8. The predicted molar refractivity (Wildman–Crippen MR) is 83.6 cm³/mol. The molecule has 0 unspecified atom stereocenters. The zero-order valence-corrected chi connectivity index (χ0v) is 12.1. The molecule has 0 atom stereocenters. The number of nitrogens with zero attached hydrogens (tertiary/aromatic N) is 2. The molecule has 2 heterocycles. The van der Waals surface area contributed by atoms with Crippen molar-refractivity contribution in [1.29, 1.82) is 0 Å². The number of H-pyrrole nitrogens is 1. The molecule has 3 N–H and O–H groups in total. The van der Waals surface area contributed by atoms with Crippen LogP contribution in [0.15, 0.2) is 23.3 Å². The van der Waals surface area contributed by atoms with Crippen LogP contribution in [0.1, 0.15) is 19.8 Å². The maximum Gasteiger partial charge on any atom is 0.258 e. The number of aromatic amines is 1. The summed E-state index contributed by atoms with van der Waals surface area (Å²) in [4.78, 5) is 20.8. The minimum atomic E-state index is -0.159. The van der Waals surface area contributed by atoms with Crippen molar-refractivity contribution in [3.8, 4) is 0 Å². The highest BCUT2D eigenvalue weighted by Crippen LogP contribution is 2.29. The average Bonchev–Trinajstić information content (AvgIpc) is 2.49. The molecule has 3 rings (SSSR count). The molecule has 0 radical (unpaired) electrons. The van der Waals surface area contributed by atoms with Crippen molar-refractivity contribution in [3.63, 3.8) is 0 Å². The summed E-state index contributed by atoms with van der Waals surface area (Å²) in [5.41, 5.74) is 8.22. The predicted octanol–water partition coefficient (Wildman–Crippen LogP) is 1.51. The number of nitrogens with two attached hydrogens (primary N) is 1. The van der Waals surface area contributed by atoms with E-state index in [0.29, 0.717) is 22.7 Å². The topological polar surface area (TPSA) is 84.2 Å². The van der Waals surface area contributed by atoms with Gasteiger partial charge in [0.2, 0.25) is 0 Å². The van der Waals surface area contributed by atoms with E-state index in [0.717, 1.165) is 38.2 Å². The summed E-state index contributed by atoms with van der Waals surface area (Å²) in [7, 11) is 0. The fourth-order valence-corrected chi connectivity index (χ4v) is 2.89. The summed E-state index contributed by atoms with van der Waals surface area (Å²) < 4.78 is 5.67. The van der Waals surface area contributed by atoms with Crippen molar-refractivity contribution >= 4 is 22.3 Å². The molecule has 6 heteroatoms. The molecular formula is C15H20N4O2. The van der Waals surface area contributed by atoms with Crippen LogP contribution in [0.25, 0.3) is 10.9 Å². The number of hydrogen-bond donors (Lipinski definition) is 2. The zero-order valence-electron chi connectivity index (χ0n) is 12.1. The monoisotopic (exact) mass is 288 g/mol. The Morgan fingerprint density at radius 1 is 1.43 bits per heavy atom. The van der Waals surface area contributed by atoms with E-state index in [2.05, 4.69) is 14.9 Å². The second kappa shape index (κ2) is 5.73. The number of benzene rings is 1. The van der Waals surface area contributed by atoms with Crippen LogP contribution in [0.4, 0.5) is 11.4 Å². The molecule has 6 nitrogen and oxygen atoms in total. The molecule has 0 saturated carbocycles. The fourth-order valence-electron chi connectivity index (χ4n) is 2.89. The van der Waals surface area contributed by atoms with Crippen molar-refractivity contribution in [3.05, 3.63) is 28.8 Å². The first kappa shape index (κ1) is 13.9. The van der Waals surface area contributed by atoms with Crippen molar-refractivity contribution in [2.75, 3.05) is 30.3 Å². The van der Waals surface area contributed by atoms with Crippen LogP contribution in [0.3, 0.4) is 0 Å². The lowest BCUT2D eigenvalue weighted by atomic mass is 10.1. The second-order valence-electron chi connectivity index (χ2n) is 5.30. The molecule has 0 spiro atoms. The summed E-state index contributed by atoms with van der Waals surface area (Å²) in [6, 6.07) is 3.62. The average molecular weight is 288 g/mol. The number of piperidine rings is 1. The number of nitrogen functional groups attached to an aromatic ring is 1. The number of anilines is 2. The van der Waals surface area contributed by atoms with E-state index in [9.17, 15) is 4.79 Å². The van der Waals surface area contributed by atoms with Gasteiger partial charge in [0, 0.05) is 19.7 Å². The SMILES string of the molecule is CCOC1CCN(c2cc3nc[nH]c(=O)c3cc2N)CC1. The van der Waals surface area contributed by atoms with Gasteiger partial charge in [0.05, 0.1) is 34.7 Å². The number of fused-ring (bicyclic) bond motifs is 1. The van der Waals surface area contributed by atoms with Gasteiger partial charge in [-0.15, -0.1) is 0 Å². The van der Waals surface area contributed by atoms with Crippen LogP contribution < -0.4 is 16.2 Å². The lowest BCUT2D eigenvalue weighted by molar-refractivity contribution is 0.0459. The second-order valence-corrected chi connectivity index (χ2v) is 5.30. The summed E-state index contributed by atoms with van der Waals surface area (Å²) in [5, 5.41) is 0.531. The largest absolute Gasteiger partial charge is 0.397 e. The molecule has 1 saturated heterocycles. The standard InChI is InChI=1S/C15H20N4O2/c1-2-21-10-3-5-19(6-4-10)14-8-13-11(7-12(14)16)15(20)18-9-17-13/h7-10H,2-6,16H2,1H3,(H,17,18,20). The highest BCUT2D eigenvalue weighted by molar-refractivity contribution is 5.88. The minimum Gasteiger partial charge on any atom is -0.397 e. The van der Waals surface area contributed by atoms with Gasteiger partial charge in [-0.1, -0.05) is 0 Å². The first-order chi connectivity index (χ1) is 10.2. The quantitative estimate of drug-likeness (QED) is 0.836. The van der Waals surface area contributed by atoms with E-state index in [1.165, 1.54) is 6.33 Å². The first-order valence-corrected chi connectivity index (χ1v) is 7.32. The van der Waals surface area contributed by atoms with Crippen molar-refractivity contribution in [2.24, 2.45) is 0 Å². The van der Waals surface area contributed by atoms with Crippen molar-refractivity contribution < 1.29 is 4.74 Å². The van der Waals surface area contributed by atoms with Crippen LogP contribution >= 0.6 is 0 Å². The number of ether oxygens (including phenoxy) is 1. The lowest BCUT2D eigenvalue weighted by Crippen LogP contribution is -2.37. The minimum absolute atomic E-state index is 0.159. The molecule has 1 aliphatic heterocycles. The molecular weight excluding hydrogens is 268 g/mol. The maximum absolute atomic E-state index is 11.8. The van der Waals surface area contributed by atoms with Gasteiger partial charge in [-0.25, -0.2) is 4.98 Å². The fraction of sp³-hybridized carbons (Fsp3) is 0.467. The normalized spacial score (nSPS) is 16.5. The van der Waals surface area contributed by atoms with Crippen molar-refractivity contribution in [2.45, 2.75) is 25.9 Å². The first-order valence-electron chi connectivity index (χ1n) is 7.32. The smallest absolute Gasteiger partial charge is 0.258 e. The van der Waals surface area contributed by atoms with E-state index in [-0.39, 0.29) is 5.56 Å². The van der Waals surface area contributed by atoms with Gasteiger partial charge in [-0.05, 0) is 31.9 Å². The van der Waals surface area contributed by atoms with Crippen LogP contribution in [-0.4, -0.2) is 35.8 Å². The van der Waals surface area contributed by atoms with Crippen LogP contribution in [-0.2, 0) is 4.74 Å². The molecule has 0 aliphatic carbocycles. The summed E-state index contributed by atoms with van der Waals surface area (Å²) in [5.74, 6) is 0. The van der Waals surface area contributed by atoms with Crippen LogP contribution in [0.5, 0.6) is 0 Å². The molecule has 1 aliphatic rings. The van der Waals surface area contributed by atoms with E-state index in [4.69, 9.17) is 10.5 Å². The van der Waals surface area contributed by atoms with E-state index >= 15 is 0 Å². The molecule has 1 fully saturated rings. The van der Waals surface area contributed by atoms with Gasteiger partial charge < -0.3 is 20.4 Å². The summed E-state index contributed by atoms with van der Waals surface area (Å²) >= 11 is 0. The Bertz CT molecular complexity index is 690. The van der Waals surface area contributed by atoms with Gasteiger partial charge in [0.25, 0.3) is 5.56 Å². The number of aromatic nitrogens is 2. The molecule has 0 amide bonds. The third kappa shape index (κ3) is 2.71. The Kier molecular flexibility index (Phi) is 3.79. The molecule has 1 aromatic carbocycles. The number of hydrogen-bond acceptors (Lipinski definition) is 5. The Balaban J connectivity index is 1.88. The maximum atomic E-state index is 11.8. The molecule has 21 heavy (non-hydrogen) atoms. The third-order valence-electron chi connectivity index (χ3n) is 3.97. The Morgan fingerprint density at radius 2 is 2.19 bits per heavy atom. The molecule has 0 bridgehead atoms. The van der Waals surface area contributed by atoms with Gasteiger partial charge in [0.15, 0.2) is 0 Å². The third-order valence-corrected chi connectivity index (χ3v) is 3.97. The van der Waals surface area contributed by atoms with Crippen molar-refractivity contribution in [1.82, 2.24) is 9.97 Å². The Labute approximate surface area is 122 Å². The van der Waals surface area contributed by atoms with Gasteiger partial charge in [-0.2, -0.15) is 0 Å². The van der Waals surface area contributed by atoms with E-state index in [1.54, 1.807) is 6.07 Å². The number of nitrogens with one attached hydrogen (secondary N) is 1. The molecule has 2 aromatic rings. The molecule has 1 aromatic heterocycles. The highest BCUT2D eigenvalue weighted by Gasteiger charge is 2.21. The van der Waals surface area contributed by atoms with Crippen LogP contribution in [0.2, 0.25) is 0 Å². The lowest BCUT2D eigenvalue weighted by Gasteiger charge is -2.34. The number of rotatable bonds is 3. The summed E-state index contributed by atoms with van der Waals surface area (Å²) in [6.45, 7) is 4.60. The van der Waals surface area contributed by atoms with Gasteiger partial charge in [-0.3, -0.25) is 4.79 Å². The summed E-state index contributed by atoms with van der Waals surface area (Å²) in [6.07, 6.45) is 3.75. The van der Waals surface area contributed by atoms with E-state index < -0.39 is 0 Å². The van der Waals surface area contributed by atoms with Crippen LogP contribution in [0, 0.1) is 0 Å². The van der Waals surface area contributed by atoms with E-state index in [1.807, 2.05) is 13.0 Å². The van der Waals surface area contributed by atoms with Gasteiger partial charge in [0.1, 0.15) is 0 Å². The highest BCUT2D eigenvalue weighted by atomic mass is 16.5. The Hall–Kier alpha value is -2.08. The Morgan fingerprint density at radius 3 is 2.90 bits per heavy atom. The molecule has 112 valence electrons.